The van der Waals surface area contributed by atoms with Gasteiger partial charge < -0.3 is 9.80 Å². The smallest absolute Gasteiger partial charge is 0 e. The minimum absolute atomic E-state index is 0. The summed E-state index contributed by atoms with van der Waals surface area (Å²) >= 11 is 0. The van der Waals surface area contributed by atoms with Crippen molar-refractivity contribution in [2.24, 2.45) is 0 Å². The molecule has 0 bridgehead atoms. The summed E-state index contributed by atoms with van der Waals surface area (Å²) in [6.07, 6.45) is 0. The molecule has 2 nitrogen and oxygen atoms in total. The van der Waals surface area contributed by atoms with Crippen LogP contribution in [0.3, 0.4) is 0 Å². The fourth-order valence-corrected chi connectivity index (χ4v) is 0. The molecular formula is C6H18N2Na. The molecule has 9 heavy (non-hydrogen) atoms. The van der Waals surface area contributed by atoms with Crippen molar-refractivity contribution in [3.63, 3.8) is 0 Å². The normalized spacial score (nSPS) is 8.00. The van der Waals surface area contributed by atoms with Gasteiger partial charge in [-0.25, -0.2) is 0 Å². The van der Waals surface area contributed by atoms with E-state index in [9.17, 15) is 0 Å². The van der Waals surface area contributed by atoms with Crippen LogP contribution < -0.4 is 0 Å². The fourth-order valence-electron chi connectivity index (χ4n) is 0. The van der Waals surface area contributed by atoms with Gasteiger partial charge in [-0.3, -0.25) is 0 Å². The van der Waals surface area contributed by atoms with Gasteiger partial charge in [-0.05, 0) is 42.3 Å². The number of hydrogen-bond donors (Lipinski definition) is 0. The molecule has 3 heteroatoms. The first-order valence-corrected chi connectivity index (χ1v) is 2.68. The van der Waals surface area contributed by atoms with E-state index in [-0.39, 0.29) is 29.6 Å². The Morgan fingerprint density at radius 1 is 0.556 bits per heavy atom. The molecule has 0 spiro atoms. The summed E-state index contributed by atoms with van der Waals surface area (Å²) in [5, 5.41) is 0. The third-order valence-corrected chi connectivity index (χ3v) is 0. The third kappa shape index (κ3) is 505. The van der Waals surface area contributed by atoms with Gasteiger partial charge >= 0.3 is 0 Å². The van der Waals surface area contributed by atoms with Crippen molar-refractivity contribution in [1.82, 2.24) is 9.80 Å². The quantitative estimate of drug-likeness (QED) is 0.437. The average molecular weight is 141 g/mol. The van der Waals surface area contributed by atoms with Crippen molar-refractivity contribution in [3.8, 4) is 0 Å². The Morgan fingerprint density at radius 3 is 0.556 bits per heavy atom. The molecule has 0 rings (SSSR count). The number of hydrogen-bond acceptors (Lipinski definition) is 2. The Balaban J connectivity index is -0.0000000720. The molecule has 0 fully saturated rings. The second kappa shape index (κ2) is 11.7. The summed E-state index contributed by atoms with van der Waals surface area (Å²) in [4.78, 5) is 4.00. The average Bonchev–Trinajstić information content (AvgIpc) is 1.25. The van der Waals surface area contributed by atoms with Gasteiger partial charge in [-0.2, -0.15) is 0 Å². The van der Waals surface area contributed by atoms with Crippen LogP contribution in [0.5, 0.6) is 0 Å². The SMILES string of the molecule is CN(C)C.CN(C)C.[Na]. The molecular weight excluding hydrogens is 123 g/mol. The summed E-state index contributed by atoms with van der Waals surface area (Å²) in [6.45, 7) is 0. The topological polar surface area (TPSA) is 6.48 Å². The van der Waals surface area contributed by atoms with Crippen LogP contribution in [0, 0.1) is 0 Å². The van der Waals surface area contributed by atoms with Crippen LogP contribution in [-0.4, -0.2) is 81.6 Å². The van der Waals surface area contributed by atoms with Crippen molar-refractivity contribution in [2.45, 2.75) is 0 Å². The van der Waals surface area contributed by atoms with E-state index in [0.29, 0.717) is 0 Å². The van der Waals surface area contributed by atoms with Gasteiger partial charge in [0.05, 0.1) is 0 Å². The van der Waals surface area contributed by atoms with Crippen LogP contribution in [-0.2, 0) is 0 Å². The molecule has 1 radical (unpaired) electrons. The summed E-state index contributed by atoms with van der Waals surface area (Å²) in [5.41, 5.74) is 0. The van der Waals surface area contributed by atoms with E-state index in [1.807, 2.05) is 52.1 Å². The first kappa shape index (κ1) is 16.5. The Labute approximate surface area is 81.5 Å². The van der Waals surface area contributed by atoms with Gasteiger partial charge in [-0.15, -0.1) is 0 Å². The minimum Gasteiger partial charge on any atom is -0.312 e. The van der Waals surface area contributed by atoms with Gasteiger partial charge in [0.2, 0.25) is 0 Å². The molecule has 0 aromatic heterocycles. The molecule has 0 aliphatic rings. The van der Waals surface area contributed by atoms with Gasteiger partial charge in [0.1, 0.15) is 0 Å². The van der Waals surface area contributed by atoms with Crippen LogP contribution in [0.4, 0.5) is 0 Å². The standard InChI is InChI=1S/2C3H9N.Na/c2*1-4(2)3;/h2*1-3H3;. The van der Waals surface area contributed by atoms with Crippen LogP contribution >= 0.6 is 0 Å². The van der Waals surface area contributed by atoms with Crippen LogP contribution in [0.2, 0.25) is 0 Å². The van der Waals surface area contributed by atoms with Crippen molar-refractivity contribution in [1.29, 1.82) is 0 Å². The van der Waals surface area contributed by atoms with E-state index >= 15 is 0 Å². The zero-order valence-electron chi connectivity index (χ0n) is 7.89. The largest absolute Gasteiger partial charge is 0.312 e. The second-order valence-corrected chi connectivity index (χ2v) is 2.68. The summed E-state index contributed by atoms with van der Waals surface area (Å²) < 4.78 is 0. The second-order valence-electron chi connectivity index (χ2n) is 2.68. The Bertz CT molecular complexity index is 26.5. The predicted octanol–water partition coefficient (Wildman–Crippen LogP) is -0.0252. The van der Waals surface area contributed by atoms with Crippen LogP contribution in [0.25, 0.3) is 0 Å². The van der Waals surface area contributed by atoms with Crippen molar-refractivity contribution in [2.75, 3.05) is 42.3 Å². The molecule has 0 saturated carbocycles. The Morgan fingerprint density at radius 2 is 0.556 bits per heavy atom. The molecule has 0 aromatic rings. The molecule has 0 unspecified atom stereocenters. The molecule has 0 aliphatic heterocycles. The summed E-state index contributed by atoms with van der Waals surface area (Å²) in [5.74, 6) is 0. The van der Waals surface area contributed by atoms with Crippen LogP contribution in [0.15, 0.2) is 0 Å². The van der Waals surface area contributed by atoms with E-state index in [2.05, 4.69) is 0 Å². The van der Waals surface area contributed by atoms with E-state index in [1.165, 1.54) is 0 Å². The Kier molecular flexibility index (Phi) is 21.4. The van der Waals surface area contributed by atoms with Crippen molar-refractivity contribution in [3.05, 3.63) is 0 Å². The molecule has 0 heterocycles. The zero-order chi connectivity index (χ0) is 7.15. The molecule has 0 saturated heterocycles. The number of nitrogens with zero attached hydrogens (tertiary/aromatic N) is 2. The molecule has 0 aliphatic carbocycles. The monoisotopic (exact) mass is 141 g/mol. The number of rotatable bonds is 0. The maximum atomic E-state index is 2.00. The predicted molar refractivity (Wildman–Crippen MR) is 45.0 cm³/mol. The minimum atomic E-state index is 0. The Hall–Kier alpha value is 0.920. The van der Waals surface area contributed by atoms with Crippen LogP contribution in [0.1, 0.15) is 0 Å². The maximum Gasteiger partial charge on any atom is 0 e. The van der Waals surface area contributed by atoms with Crippen molar-refractivity contribution < 1.29 is 0 Å². The first-order valence-electron chi connectivity index (χ1n) is 2.68. The van der Waals surface area contributed by atoms with Gasteiger partial charge in [0.15, 0.2) is 0 Å². The molecule has 0 N–H and O–H groups in total. The molecule has 0 atom stereocenters. The zero-order valence-corrected chi connectivity index (χ0v) is 9.89. The molecule has 0 aromatic carbocycles. The van der Waals surface area contributed by atoms with E-state index in [1.54, 1.807) is 0 Å². The van der Waals surface area contributed by atoms with Crippen molar-refractivity contribution >= 4 is 29.6 Å². The van der Waals surface area contributed by atoms with Gasteiger partial charge in [0.25, 0.3) is 0 Å². The molecule has 53 valence electrons. The van der Waals surface area contributed by atoms with E-state index < -0.39 is 0 Å². The first-order chi connectivity index (χ1) is 3.46. The fraction of sp³-hybridized carbons (Fsp3) is 1.00. The van der Waals surface area contributed by atoms with E-state index in [4.69, 9.17) is 0 Å². The van der Waals surface area contributed by atoms with Gasteiger partial charge in [-0.1, -0.05) is 0 Å². The van der Waals surface area contributed by atoms with E-state index in [0.717, 1.165) is 0 Å². The summed E-state index contributed by atoms with van der Waals surface area (Å²) in [6, 6.07) is 0. The third-order valence-electron chi connectivity index (χ3n) is 0. The summed E-state index contributed by atoms with van der Waals surface area (Å²) in [7, 11) is 12.0. The molecule has 0 amide bonds. The van der Waals surface area contributed by atoms with Gasteiger partial charge in [0, 0.05) is 29.6 Å². The maximum absolute atomic E-state index is 2.00.